The zero-order valence-corrected chi connectivity index (χ0v) is 8.51. The lowest BCUT2D eigenvalue weighted by Gasteiger charge is -2.16. The molecule has 0 spiro atoms. The van der Waals surface area contributed by atoms with Gasteiger partial charge in [-0.25, -0.2) is 5.43 Å². The Kier molecular flexibility index (Phi) is 2.82. The predicted molar refractivity (Wildman–Crippen MR) is 57.6 cm³/mol. The molecule has 4 N–H and O–H groups in total. The first-order chi connectivity index (χ1) is 6.85. The number of benzene rings is 1. The maximum Gasteiger partial charge on any atom is 0.0958 e. The van der Waals surface area contributed by atoms with Crippen LogP contribution in [0.1, 0.15) is 29.3 Å². The van der Waals surface area contributed by atoms with Crippen LogP contribution in [0.15, 0.2) is 18.2 Å². The van der Waals surface area contributed by atoms with Crippen LogP contribution in [0.3, 0.4) is 0 Å². The molecule has 3 nitrogen and oxygen atoms in total. The second kappa shape index (κ2) is 4.09. The molecule has 1 aromatic rings. The molecule has 0 aromatic heterocycles. The van der Waals surface area contributed by atoms with Crippen LogP contribution < -0.4 is 16.6 Å². The van der Waals surface area contributed by atoms with Gasteiger partial charge in [-0.05, 0) is 43.0 Å². The molecule has 0 amide bonds. The molecule has 1 aromatic carbocycles. The molecule has 0 saturated heterocycles. The lowest BCUT2D eigenvalue weighted by Crippen LogP contribution is -2.36. The summed E-state index contributed by atoms with van der Waals surface area (Å²) in [5, 5.41) is 3.12. The maximum absolute atomic E-state index is 5.45. The van der Waals surface area contributed by atoms with Crippen LogP contribution in [0.4, 0.5) is 0 Å². The topological polar surface area (TPSA) is 50.1 Å². The Bertz CT molecular complexity index is 318. The summed E-state index contributed by atoms with van der Waals surface area (Å²) in [5.41, 5.74) is 6.95. The molecule has 0 heterocycles. The van der Waals surface area contributed by atoms with Crippen molar-refractivity contribution in [2.24, 2.45) is 5.84 Å². The molecule has 2 rings (SSSR count). The number of hydrogen-bond donors (Lipinski definition) is 3. The zero-order chi connectivity index (χ0) is 9.97. The Morgan fingerprint density at radius 1 is 1.29 bits per heavy atom. The molecule has 14 heavy (non-hydrogen) atoms. The highest BCUT2D eigenvalue weighted by molar-refractivity contribution is 5.36. The predicted octanol–water partition coefficient (Wildman–Crippen LogP) is 0.857. The third-order valence-electron chi connectivity index (χ3n) is 2.91. The summed E-state index contributed by atoms with van der Waals surface area (Å²) in [6.07, 6.45) is 3.79. The van der Waals surface area contributed by atoms with Gasteiger partial charge in [0.15, 0.2) is 0 Å². The van der Waals surface area contributed by atoms with Crippen LogP contribution in [-0.4, -0.2) is 7.05 Å². The number of nitrogens with one attached hydrogen (secondary N) is 2. The molecular formula is C11H17N3. The fourth-order valence-electron chi connectivity index (χ4n) is 2.12. The minimum Gasteiger partial charge on any atom is -0.300 e. The van der Waals surface area contributed by atoms with Crippen molar-refractivity contribution >= 4 is 0 Å². The van der Waals surface area contributed by atoms with Gasteiger partial charge < -0.3 is 5.32 Å². The van der Waals surface area contributed by atoms with Crippen molar-refractivity contribution in [2.45, 2.75) is 25.4 Å². The molecule has 1 unspecified atom stereocenters. The van der Waals surface area contributed by atoms with Crippen molar-refractivity contribution in [1.29, 1.82) is 0 Å². The van der Waals surface area contributed by atoms with E-state index in [1.807, 2.05) is 7.05 Å². The third kappa shape index (κ3) is 1.66. The molecule has 0 saturated carbocycles. The molecule has 0 aliphatic heterocycles. The maximum atomic E-state index is 5.45. The molecule has 1 atom stereocenters. The number of aryl methyl sites for hydroxylation is 2. The number of fused-ring (bicyclic) bond motifs is 1. The van der Waals surface area contributed by atoms with Crippen LogP contribution in [0.25, 0.3) is 0 Å². The summed E-state index contributed by atoms with van der Waals surface area (Å²) in [5.74, 6) is 5.45. The molecule has 0 fully saturated rings. The van der Waals surface area contributed by atoms with E-state index in [0.29, 0.717) is 0 Å². The Balaban J connectivity index is 2.27. The quantitative estimate of drug-likeness (QED) is 0.377. The van der Waals surface area contributed by atoms with Gasteiger partial charge in [0.05, 0.1) is 6.17 Å². The van der Waals surface area contributed by atoms with E-state index in [1.54, 1.807) is 0 Å². The summed E-state index contributed by atoms with van der Waals surface area (Å²) < 4.78 is 0. The Morgan fingerprint density at radius 3 is 2.79 bits per heavy atom. The van der Waals surface area contributed by atoms with Gasteiger partial charge in [0.25, 0.3) is 0 Å². The molecule has 76 valence electrons. The lowest BCUT2D eigenvalue weighted by atomic mass is 10.0. The summed E-state index contributed by atoms with van der Waals surface area (Å²) in [6, 6.07) is 6.62. The first kappa shape index (κ1) is 9.65. The fourth-order valence-corrected chi connectivity index (χ4v) is 2.12. The van der Waals surface area contributed by atoms with Crippen LogP contribution >= 0.6 is 0 Å². The van der Waals surface area contributed by atoms with Crippen molar-refractivity contribution in [3.63, 3.8) is 0 Å². The van der Waals surface area contributed by atoms with E-state index in [1.165, 1.54) is 36.0 Å². The summed E-state index contributed by atoms with van der Waals surface area (Å²) in [4.78, 5) is 0. The Hall–Kier alpha value is -0.900. The number of nitrogens with two attached hydrogens (primary N) is 1. The van der Waals surface area contributed by atoms with Crippen molar-refractivity contribution in [3.8, 4) is 0 Å². The van der Waals surface area contributed by atoms with Gasteiger partial charge >= 0.3 is 0 Å². The van der Waals surface area contributed by atoms with E-state index >= 15 is 0 Å². The summed E-state index contributed by atoms with van der Waals surface area (Å²) >= 11 is 0. The van der Waals surface area contributed by atoms with Gasteiger partial charge in [-0.2, -0.15) is 0 Å². The van der Waals surface area contributed by atoms with Gasteiger partial charge in [-0.3, -0.25) is 5.84 Å². The number of hydrogen-bond acceptors (Lipinski definition) is 3. The zero-order valence-electron chi connectivity index (χ0n) is 8.51. The van der Waals surface area contributed by atoms with E-state index in [0.717, 1.165) is 0 Å². The van der Waals surface area contributed by atoms with Crippen molar-refractivity contribution in [1.82, 2.24) is 10.7 Å². The minimum atomic E-state index is 0.0564. The van der Waals surface area contributed by atoms with Gasteiger partial charge in [-0.1, -0.05) is 18.2 Å². The number of rotatable bonds is 3. The fraction of sp³-hybridized carbons (Fsp3) is 0.455. The Labute approximate surface area is 84.7 Å². The largest absolute Gasteiger partial charge is 0.300 e. The van der Waals surface area contributed by atoms with E-state index in [2.05, 4.69) is 28.9 Å². The molecule has 0 radical (unpaired) electrons. The van der Waals surface area contributed by atoms with E-state index in [-0.39, 0.29) is 6.17 Å². The highest BCUT2D eigenvalue weighted by Gasteiger charge is 2.13. The van der Waals surface area contributed by atoms with Gasteiger partial charge in [0.2, 0.25) is 0 Å². The van der Waals surface area contributed by atoms with Crippen LogP contribution in [-0.2, 0) is 12.8 Å². The molecule has 0 bridgehead atoms. The monoisotopic (exact) mass is 191 g/mol. The van der Waals surface area contributed by atoms with Crippen LogP contribution in [0, 0.1) is 0 Å². The molecule has 3 heteroatoms. The standard InChI is InChI=1S/C11H17N3/c1-13-11(14-12)10-6-5-8-3-2-4-9(8)7-10/h5-7,11,13-14H,2-4,12H2,1H3. The highest BCUT2D eigenvalue weighted by atomic mass is 15.3. The number of hydrazine groups is 1. The van der Waals surface area contributed by atoms with Crippen molar-refractivity contribution < 1.29 is 0 Å². The second-order valence-electron chi connectivity index (χ2n) is 3.77. The molecular weight excluding hydrogens is 174 g/mol. The summed E-state index contributed by atoms with van der Waals surface area (Å²) in [6.45, 7) is 0. The SMILES string of the molecule is CNC(NN)c1ccc2c(c1)CCC2. The van der Waals surface area contributed by atoms with E-state index in [4.69, 9.17) is 5.84 Å². The van der Waals surface area contributed by atoms with Crippen LogP contribution in [0.2, 0.25) is 0 Å². The van der Waals surface area contributed by atoms with Gasteiger partial charge in [-0.15, -0.1) is 0 Å². The first-order valence-electron chi connectivity index (χ1n) is 5.10. The van der Waals surface area contributed by atoms with Gasteiger partial charge in [0, 0.05) is 0 Å². The average Bonchev–Trinajstić information content (AvgIpc) is 2.66. The van der Waals surface area contributed by atoms with E-state index < -0.39 is 0 Å². The van der Waals surface area contributed by atoms with Crippen molar-refractivity contribution in [3.05, 3.63) is 34.9 Å². The normalized spacial score (nSPS) is 16.7. The molecule has 1 aliphatic carbocycles. The molecule has 1 aliphatic rings. The summed E-state index contributed by atoms with van der Waals surface area (Å²) in [7, 11) is 1.90. The average molecular weight is 191 g/mol. The first-order valence-corrected chi connectivity index (χ1v) is 5.10. The third-order valence-corrected chi connectivity index (χ3v) is 2.91. The minimum absolute atomic E-state index is 0.0564. The lowest BCUT2D eigenvalue weighted by molar-refractivity contribution is 0.488. The van der Waals surface area contributed by atoms with Gasteiger partial charge in [0.1, 0.15) is 0 Å². The smallest absolute Gasteiger partial charge is 0.0958 e. The Morgan fingerprint density at radius 2 is 2.07 bits per heavy atom. The second-order valence-corrected chi connectivity index (χ2v) is 3.77. The highest BCUT2D eigenvalue weighted by Crippen LogP contribution is 2.24. The van der Waals surface area contributed by atoms with Crippen LogP contribution in [0.5, 0.6) is 0 Å². The van der Waals surface area contributed by atoms with Crippen molar-refractivity contribution in [2.75, 3.05) is 7.05 Å². The van der Waals surface area contributed by atoms with E-state index in [9.17, 15) is 0 Å².